The van der Waals surface area contributed by atoms with Gasteiger partial charge in [0.25, 0.3) is 0 Å². The fourth-order valence-corrected chi connectivity index (χ4v) is 1.98. The number of unbranched alkanes of at least 4 members (excludes halogenated alkanes) is 1. The van der Waals surface area contributed by atoms with Crippen LogP contribution >= 0.6 is 0 Å². The van der Waals surface area contributed by atoms with Gasteiger partial charge in [-0.2, -0.15) is 0 Å². The fourth-order valence-electron chi connectivity index (χ4n) is 1.98. The van der Waals surface area contributed by atoms with Crippen LogP contribution in [0.1, 0.15) is 25.3 Å². The van der Waals surface area contributed by atoms with Crippen LogP contribution in [0.5, 0.6) is 5.75 Å². The lowest BCUT2D eigenvalue weighted by Gasteiger charge is -2.13. The molecule has 0 radical (unpaired) electrons. The SMILES string of the molecule is C=CCc1ccc2ncccc2c1OCCCC. The van der Waals surface area contributed by atoms with Crippen LogP contribution in [0.2, 0.25) is 0 Å². The van der Waals surface area contributed by atoms with E-state index in [-0.39, 0.29) is 0 Å². The summed E-state index contributed by atoms with van der Waals surface area (Å²) in [4.78, 5) is 4.37. The number of nitrogens with zero attached hydrogens (tertiary/aromatic N) is 1. The predicted molar refractivity (Wildman–Crippen MR) is 76.0 cm³/mol. The third-order valence-electron chi connectivity index (χ3n) is 2.93. The zero-order chi connectivity index (χ0) is 12.8. The Morgan fingerprint density at radius 3 is 3.00 bits per heavy atom. The van der Waals surface area contributed by atoms with Crippen molar-refractivity contribution >= 4 is 10.9 Å². The van der Waals surface area contributed by atoms with E-state index in [0.717, 1.165) is 42.5 Å². The molecule has 2 aromatic rings. The second kappa shape index (κ2) is 6.20. The number of aromatic nitrogens is 1. The van der Waals surface area contributed by atoms with E-state index in [1.165, 1.54) is 5.56 Å². The van der Waals surface area contributed by atoms with E-state index in [1.807, 2.05) is 24.4 Å². The molecule has 0 aliphatic rings. The highest BCUT2D eigenvalue weighted by atomic mass is 16.5. The molecular formula is C16H19NO. The molecule has 1 heterocycles. The van der Waals surface area contributed by atoms with Gasteiger partial charge >= 0.3 is 0 Å². The minimum Gasteiger partial charge on any atom is -0.493 e. The molecule has 0 N–H and O–H groups in total. The number of allylic oxidation sites excluding steroid dienone is 1. The second-order valence-electron chi connectivity index (χ2n) is 4.32. The van der Waals surface area contributed by atoms with Crippen LogP contribution in [0.25, 0.3) is 10.9 Å². The normalized spacial score (nSPS) is 10.5. The second-order valence-corrected chi connectivity index (χ2v) is 4.32. The Morgan fingerprint density at radius 1 is 1.33 bits per heavy atom. The molecule has 2 nitrogen and oxygen atoms in total. The quantitative estimate of drug-likeness (QED) is 0.560. The molecule has 2 heteroatoms. The molecular weight excluding hydrogens is 222 g/mol. The van der Waals surface area contributed by atoms with E-state index in [4.69, 9.17) is 4.74 Å². The fraction of sp³-hybridized carbons (Fsp3) is 0.312. The Balaban J connectivity index is 2.41. The molecule has 0 saturated heterocycles. The highest BCUT2D eigenvalue weighted by Crippen LogP contribution is 2.29. The van der Waals surface area contributed by atoms with Gasteiger partial charge in [-0.25, -0.2) is 0 Å². The van der Waals surface area contributed by atoms with Gasteiger partial charge in [-0.05, 0) is 36.6 Å². The van der Waals surface area contributed by atoms with Crippen molar-refractivity contribution in [2.75, 3.05) is 6.61 Å². The molecule has 0 fully saturated rings. The Kier molecular flexibility index (Phi) is 4.35. The van der Waals surface area contributed by atoms with Crippen LogP contribution in [-0.4, -0.2) is 11.6 Å². The summed E-state index contributed by atoms with van der Waals surface area (Å²) >= 11 is 0. The first-order valence-electron chi connectivity index (χ1n) is 6.47. The maximum atomic E-state index is 5.96. The number of pyridine rings is 1. The minimum atomic E-state index is 0.759. The van der Waals surface area contributed by atoms with E-state index in [2.05, 4.69) is 30.6 Å². The Bertz CT molecular complexity index is 534. The van der Waals surface area contributed by atoms with E-state index in [1.54, 1.807) is 0 Å². The first-order valence-corrected chi connectivity index (χ1v) is 6.47. The van der Waals surface area contributed by atoms with Gasteiger partial charge in [0.05, 0.1) is 12.1 Å². The Hall–Kier alpha value is -1.83. The molecule has 0 saturated carbocycles. The first kappa shape index (κ1) is 12.6. The molecule has 0 spiro atoms. The average Bonchev–Trinajstić information content (AvgIpc) is 2.41. The Labute approximate surface area is 108 Å². The van der Waals surface area contributed by atoms with Crippen molar-refractivity contribution in [3.05, 3.63) is 48.7 Å². The van der Waals surface area contributed by atoms with Gasteiger partial charge in [-0.3, -0.25) is 4.98 Å². The number of hydrogen-bond acceptors (Lipinski definition) is 2. The smallest absolute Gasteiger partial charge is 0.132 e. The highest BCUT2D eigenvalue weighted by Gasteiger charge is 2.08. The van der Waals surface area contributed by atoms with Gasteiger partial charge in [0.1, 0.15) is 5.75 Å². The highest BCUT2D eigenvalue weighted by molar-refractivity contribution is 5.86. The molecule has 2 rings (SSSR count). The average molecular weight is 241 g/mol. The molecule has 1 aromatic heterocycles. The molecule has 94 valence electrons. The van der Waals surface area contributed by atoms with Gasteiger partial charge in [-0.1, -0.05) is 25.5 Å². The van der Waals surface area contributed by atoms with Gasteiger partial charge in [0, 0.05) is 11.6 Å². The summed E-state index contributed by atoms with van der Waals surface area (Å²) in [7, 11) is 0. The van der Waals surface area contributed by atoms with Crippen molar-refractivity contribution in [3.8, 4) is 5.75 Å². The van der Waals surface area contributed by atoms with Gasteiger partial charge in [0.15, 0.2) is 0 Å². The summed E-state index contributed by atoms with van der Waals surface area (Å²) < 4.78 is 5.96. The summed E-state index contributed by atoms with van der Waals surface area (Å²) in [5, 5.41) is 1.09. The molecule has 0 aliphatic carbocycles. The standard InChI is InChI=1S/C16H19NO/c1-3-5-12-18-16-13(7-4-2)9-10-15-14(16)8-6-11-17-15/h4,6,8-11H,2-3,5,7,12H2,1H3. The zero-order valence-corrected chi connectivity index (χ0v) is 10.9. The number of ether oxygens (including phenoxy) is 1. The van der Waals surface area contributed by atoms with Crippen LogP contribution in [0.4, 0.5) is 0 Å². The molecule has 0 unspecified atom stereocenters. The van der Waals surface area contributed by atoms with Crippen LogP contribution in [0, 0.1) is 0 Å². The van der Waals surface area contributed by atoms with Crippen LogP contribution in [-0.2, 0) is 6.42 Å². The van der Waals surface area contributed by atoms with Gasteiger partial charge in [-0.15, -0.1) is 6.58 Å². The maximum Gasteiger partial charge on any atom is 0.132 e. The van der Waals surface area contributed by atoms with Crippen LogP contribution in [0.15, 0.2) is 43.1 Å². The third-order valence-corrected chi connectivity index (χ3v) is 2.93. The van der Waals surface area contributed by atoms with Crippen molar-refractivity contribution in [2.24, 2.45) is 0 Å². The summed E-state index contributed by atoms with van der Waals surface area (Å²) in [6.45, 7) is 6.73. The van der Waals surface area contributed by atoms with E-state index in [0.29, 0.717) is 0 Å². The lowest BCUT2D eigenvalue weighted by molar-refractivity contribution is 0.310. The monoisotopic (exact) mass is 241 g/mol. The molecule has 0 atom stereocenters. The lowest BCUT2D eigenvalue weighted by Crippen LogP contribution is -2.00. The number of benzene rings is 1. The lowest BCUT2D eigenvalue weighted by atomic mass is 10.1. The number of fused-ring (bicyclic) bond motifs is 1. The molecule has 1 aromatic carbocycles. The summed E-state index contributed by atoms with van der Waals surface area (Å²) in [6.07, 6.45) is 6.76. The van der Waals surface area contributed by atoms with E-state index in [9.17, 15) is 0 Å². The van der Waals surface area contributed by atoms with Crippen molar-refractivity contribution in [2.45, 2.75) is 26.2 Å². The van der Waals surface area contributed by atoms with E-state index < -0.39 is 0 Å². The van der Waals surface area contributed by atoms with Gasteiger partial charge in [0.2, 0.25) is 0 Å². The largest absolute Gasteiger partial charge is 0.493 e. The first-order chi connectivity index (χ1) is 8.86. The van der Waals surface area contributed by atoms with E-state index >= 15 is 0 Å². The van der Waals surface area contributed by atoms with Crippen molar-refractivity contribution < 1.29 is 4.74 Å². The third kappa shape index (κ3) is 2.70. The molecule has 0 bridgehead atoms. The van der Waals surface area contributed by atoms with Crippen molar-refractivity contribution in [3.63, 3.8) is 0 Å². The summed E-state index contributed by atoms with van der Waals surface area (Å²) in [5.74, 6) is 0.967. The number of rotatable bonds is 6. The molecule has 0 amide bonds. The van der Waals surface area contributed by atoms with Crippen molar-refractivity contribution in [1.82, 2.24) is 4.98 Å². The molecule has 0 aliphatic heterocycles. The maximum absolute atomic E-state index is 5.96. The predicted octanol–water partition coefficient (Wildman–Crippen LogP) is 4.14. The van der Waals surface area contributed by atoms with Gasteiger partial charge < -0.3 is 4.74 Å². The Morgan fingerprint density at radius 2 is 2.22 bits per heavy atom. The zero-order valence-electron chi connectivity index (χ0n) is 10.9. The summed E-state index contributed by atoms with van der Waals surface area (Å²) in [6, 6.07) is 8.14. The molecule has 18 heavy (non-hydrogen) atoms. The van der Waals surface area contributed by atoms with Crippen LogP contribution in [0.3, 0.4) is 0 Å². The topological polar surface area (TPSA) is 22.1 Å². The van der Waals surface area contributed by atoms with Crippen molar-refractivity contribution in [1.29, 1.82) is 0 Å². The minimum absolute atomic E-state index is 0.759. The number of hydrogen-bond donors (Lipinski definition) is 0. The van der Waals surface area contributed by atoms with Crippen LogP contribution < -0.4 is 4.74 Å². The summed E-state index contributed by atoms with van der Waals surface area (Å²) in [5.41, 5.74) is 2.17.